The maximum atomic E-state index is 9.75. The standard InChI is InChI=1S/C4H6O2.C3H4O2.C2H3Cl/c1-3-6-4(2)5;1-2-3(4)5;1-2-3/h3H,1H2,2H3;2H,1H2,(H,4,5);2H,1H2. The third-order valence-electron chi connectivity index (χ3n) is 0.424. The van der Waals surface area contributed by atoms with Gasteiger partial charge in [0.1, 0.15) is 0 Å². The first kappa shape index (κ1) is 18.3. The Morgan fingerprint density at radius 3 is 1.64 bits per heavy atom. The number of carbonyl (C=O) groups excluding carboxylic acids is 1. The second kappa shape index (κ2) is 17.5. The highest BCUT2D eigenvalue weighted by Gasteiger charge is 1.79. The van der Waals surface area contributed by atoms with Crippen molar-refractivity contribution in [2.75, 3.05) is 0 Å². The number of ether oxygens (including phenoxy) is 1. The van der Waals surface area contributed by atoms with Gasteiger partial charge in [-0.2, -0.15) is 0 Å². The monoisotopic (exact) mass is 220 g/mol. The van der Waals surface area contributed by atoms with E-state index in [9.17, 15) is 9.59 Å². The summed E-state index contributed by atoms with van der Waals surface area (Å²) in [7, 11) is 0. The fourth-order valence-corrected chi connectivity index (χ4v) is 0.117. The maximum absolute atomic E-state index is 9.75. The number of carboxylic acids is 1. The van der Waals surface area contributed by atoms with Crippen LogP contribution in [-0.4, -0.2) is 17.0 Å². The first-order valence-corrected chi connectivity index (χ1v) is 3.74. The molecule has 0 aliphatic rings. The van der Waals surface area contributed by atoms with Crippen LogP contribution in [0.25, 0.3) is 0 Å². The van der Waals surface area contributed by atoms with Gasteiger partial charge >= 0.3 is 11.9 Å². The molecular formula is C9H13ClO4. The molecule has 0 spiro atoms. The molecule has 0 aliphatic heterocycles. The summed E-state index contributed by atoms with van der Waals surface area (Å²) >= 11 is 4.76. The number of rotatable bonds is 2. The van der Waals surface area contributed by atoms with E-state index < -0.39 is 5.97 Å². The highest BCUT2D eigenvalue weighted by atomic mass is 35.5. The second-order valence-corrected chi connectivity index (χ2v) is 1.78. The molecule has 0 heterocycles. The predicted octanol–water partition coefficient (Wildman–Crippen LogP) is 2.32. The Labute approximate surface area is 88.1 Å². The van der Waals surface area contributed by atoms with Crippen LogP contribution in [0.5, 0.6) is 0 Å². The van der Waals surface area contributed by atoms with Crippen LogP contribution in [0.2, 0.25) is 0 Å². The molecule has 0 aromatic rings. The van der Waals surface area contributed by atoms with E-state index in [0.29, 0.717) is 0 Å². The molecule has 0 saturated carbocycles. The Morgan fingerprint density at radius 2 is 1.64 bits per heavy atom. The number of aliphatic carboxylic acids is 1. The first-order valence-electron chi connectivity index (χ1n) is 3.30. The summed E-state index contributed by atoms with van der Waals surface area (Å²) in [4.78, 5) is 19.0. The van der Waals surface area contributed by atoms with Gasteiger partial charge in [-0.25, -0.2) is 4.79 Å². The van der Waals surface area contributed by atoms with Crippen LogP contribution in [0.4, 0.5) is 0 Å². The van der Waals surface area contributed by atoms with Gasteiger partial charge < -0.3 is 9.84 Å². The highest BCUT2D eigenvalue weighted by molar-refractivity contribution is 6.25. The molecular weight excluding hydrogens is 208 g/mol. The smallest absolute Gasteiger partial charge is 0.327 e. The van der Waals surface area contributed by atoms with Crippen LogP contribution >= 0.6 is 11.6 Å². The van der Waals surface area contributed by atoms with Crippen molar-refractivity contribution in [1.29, 1.82) is 0 Å². The van der Waals surface area contributed by atoms with Gasteiger partial charge in [0.2, 0.25) is 0 Å². The second-order valence-electron chi connectivity index (χ2n) is 1.47. The van der Waals surface area contributed by atoms with E-state index in [1.807, 2.05) is 0 Å². The maximum Gasteiger partial charge on any atom is 0.327 e. The van der Waals surface area contributed by atoms with Crippen LogP contribution in [0.3, 0.4) is 0 Å². The Kier molecular flexibility index (Phi) is 22.9. The third-order valence-corrected chi connectivity index (χ3v) is 0.424. The lowest BCUT2D eigenvalue weighted by atomic mass is 10.7. The van der Waals surface area contributed by atoms with Crippen molar-refractivity contribution < 1.29 is 19.4 Å². The van der Waals surface area contributed by atoms with Crippen molar-refractivity contribution in [1.82, 2.24) is 0 Å². The van der Waals surface area contributed by atoms with Crippen LogP contribution < -0.4 is 0 Å². The normalized spacial score (nSPS) is 6.14. The summed E-state index contributed by atoms with van der Waals surface area (Å²) in [6.45, 7) is 10.6. The van der Waals surface area contributed by atoms with Crippen LogP contribution in [-0.2, 0) is 14.3 Å². The largest absolute Gasteiger partial charge is 0.478 e. The molecule has 0 aliphatic carbocycles. The fourth-order valence-electron chi connectivity index (χ4n) is 0.117. The topological polar surface area (TPSA) is 63.6 Å². The lowest BCUT2D eigenvalue weighted by molar-refractivity contribution is -0.135. The van der Waals surface area contributed by atoms with Crippen molar-refractivity contribution in [2.45, 2.75) is 6.92 Å². The van der Waals surface area contributed by atoms with Crippen molar-refractivity contribution in [3.05, 3.63) is 37.6 Å². The molecule has 0 bridgehead atoms. The van der Waals surface area contributed by atoms with Crippen molar-refractivity contribution in [3.63, 3.8) is 0 Å². The van der Waals surface area contributed by atoms with E-state index in [4.69, 9.17) is 16.7 Å². The van der Waals surface area contributed by atoms with Gasteiger partial charge in [-0.15, -0.1) is 0 Å². The Morgan fingerprint density at radius 1 is 1.36 bits per heavy atom. The van der Waals surface area contributed by atoms with Crippen LogP contribution in [0.15, 0.2) is 37.6 Å². The van der Waals surface area contributed by atoms with E-state index in [1.54, 1.807) is 0 Å². The molecule has 0 amide bonds. The van der Waals surface area contributed by atoms with E-state index in [1.165, 1.54) is 12.5 Å². The molecule has 0 aromatic carbocycles. The summed E-state index contributed by atoms with van der Waals surface area (Å²) in [5.41, 5.74) is 1.22. The van der Waals surface area contributed by atoms with Gasteiger partial charge in [-0.05, 0) is 5.54 Å². The summed E-state index contributed by atoms with van der Waals surface area (Å²) in [6.07, 6.45) is 1.93. The van der Waals surface area contributed by atoms with E-state index >= 15 is 0 Å². The molecule has 5 heteroatoms. The lowest BCUT2D eigenvalue weighted by Gasteiger charge is -1.83. The quantitative estimate of drug-likeness (QED) is 0.441. The minimum absolute atomic E-state index is 0.329. The molecule has 0 atom stereocenters. The zero-order valence-electron chi connectivity index (χ0n) is 7.90. The molecule has 14 heavy (non-hydrogen) atoms. The predicted molar refractivity (Wildman–Crippen MR) is 55.8 cm³/mol. The van der Waals surface area contributed by atoms with Crippen LogP contribution in [0.1, 0.15) is 6.92 Å². The van der Waals surface area contributed by atoms with Gasteiger partial charge in [0.15, 0.2) is 0 Å². The lowest BCUT2D eigenvalue weighted by Crippen LogP contribution is -1.87. The molecule has 4 nitrogen and oxygen atoms in total. The van der Waals surface area contributed by atoms with E-state index in [0.717, 1.165) is 12.3 Å². The van der Waals surface area contributed by atoms with Gasteiger partial charge in [-0.3, -0.25) is 4.79 Å². The average Bonchev–Trinajstić information content (AvgIpc) is 2.06. The average molecular weight is 221 g/mol. The number of hydrogen-bond donors (Lipinski definition) is 1. The summed E-state index contributed by atoms with van der Waals surface area (Å²) in [6, 6.07) is 0. The molecule has 80 valence electrons. The zero-order valence-corrected chi connectivity index (χ0v) is 8.66. The number of carbonyl (C=O) groups is 2. The molecule has 0 radical (unpaired) electrons. The number of halogens is 1. The SMILES string of the molecule is C=CC(=O)O.C=CCl.C=COC(C)=O. The number of hydrogen-bond acceptors (Lipinski definition) is 3. The molecule has 0 rings (SSSR count). The Hall–Kier alpha value is -1.55. The third kappa shape index (κ3) is 78.4. The van der Waals surface area contributed by atoms with E-state index in [2.05, 4.69) is 24.5 Å². The summed E-state index contributed by atoms with van der Waals surface area (Å²) in [5, 5.41) is 7.60. The molecule has 1 N–H and O–H groups in total. The number of carboxylic acid groups (broad SMARTS) is 1. The zero-order chi connectivity index (χ0) is 12.0. The van der Waals surface area contributed by atoms with Gasteiger partial charge in [0.25, 0.3) is 0 Å². The van der Waals surface area contributed by atoms with Gasteiger partial charge in [0.05, 0.1) is 6.26 Å². The first-order chi connectivity index (χ1) is 6.45. The Bertz CT molecular complexity index is 199. The molecule has 0 aromatic heterocycles. The Balaban J connectivity index is -0.000000138. The van der Waals surface area contributed by atoms with Crippen molar-refractivity contribution in [2.24, 2.45) is 0 Å². The number of esters is 1. The fraction of sp³-hybridized carbons (Fsp3) is 0.111. The summed E-state index contributed by atoms with van der Waals surface area (Å²) < 4.78 is 4.17. The molecule has 0 fully saturated rings. The molecule has 0 saturated heterocycles. The van der Waals surface area contributed by atoms with E-state index in [-0.39, 0.29) is 5.97 Å². The van der Waals surface area contributed by atoms with Crippen LogP contribution in [0, 0.1) is 0 Å². The van der Waals surface area contributed by atoms with Crippen molar-refractivity contribution >= 4 is 23.5 Å². The highest BCUT2D eigenvalue weighted by Crippen LogP contribution is 1.70. The van der Waals surface area contributed by atoms with Gasteiger partial charge in [0, 0.05) is 13.0 Å². The molecule has 0 unspecified atom stereocenters. The van der Waals surface area contributed by atoms with Crippen molar-refractivity contribution in [3.8, 4) is 0 Å². The van der Waals surface area contributed by atoms with Gasteiger partial charge in [-0.1, -0.05) is 31.3 Å². The minimum atomic E-state index is -0.981. The minimum Gasteiger partial charge on any atom is -0.478 e. The summed E-state index contributed by atoms with van der Waals surface area (Å²) in [5.74, 6) is -1.31.